The highest BCUT2D eigenvalue weighted by atomic mass is 32.2. The zero-order valence-electron chi connectivity index (χ0n) is 23.1. The van der Waals surface area contributed by atoms with Gasteiger partial charge in [-0.1, -0.05) is 84.9 Å². The quantitative estimate of drug-likeness (QED) is 0.155. The molecule has 45 heavy (non-hydrogen) atoms. The van der Waals surface area contributed by atoms with Crippen LogP contribution in [0.15, 0.2) is 95.9 Å². The molecule has 216 valence electrons. The molecule has 3 aromatic heterocycles. The number of nitrogens with one attached hydrogen (secondary N) is 3. The lowest BCUT2D eigenvalue weighted by Gasteiger charge is -2.03. The Labute approximate surface area is 254 Å². The zero-order valence-corrected chi connectivity index (χ0v) is 24.0. The third-order valence-corrected chi connectivity index (χ3v) is 9.22. The minimum absolute atomic E-state index is 0.0567. The van der Waals surface area contributed by atoms with Crippen LogP contribution in [-0.4, -0.2) is 48.3 Å². The second-order valence-corrected chi connectivity index (χ2v) is 12.2. The molecule has 2 aliphatic heterocycles. The number of rotatable bonds is 2. The lowest BCUT2D eigenvalue weighted by Crippen LogP contribution is -2.30. The highest BCUT2D eigenvalue weighted by Crippen LogP contribution is 2.37. The molecule has 5 heterocycles. The van der Waals surface area contributed by atoms with E-state index in [-0.39, 0.29) is 10.5 Å². The van der Waals surface area contributed by atoms with E-state index in [1.165, 1.54) is 6.07 Å². The maximum absolute atomic E-state index is 13.1. The molecule has 0 saturated carbocycles. The fourth-order valence-electron chi connectivity index (χ4n) is 5.95. The minimum atomic E-state index is -4.08. The van der Waals surface area contributed by atoms with Gasteiger partial charge in [-0.2, -0.15) is 4.83 Å². The van der Waals surface area contributed by atoms with Gasteiger partial charge in [0, 0.05) is 43.8 Å². The Hall–Kier alpha value is -5.89. The van der Waals surface area contributed by atoms with Gasteiger partial charge in [-0.05, 0) is 6.07 Å². The van der Waals surface area contributed by atoms with Crippen molar-refractivity contribution in [3.63, 3.8) is 0 Å². The summed E-state index contributed by atoms with van der Waals surface area (Å²) in [5.74, 6) is 7.17. The van der Waals surface area contributed by atoms with E-state index in [2.05, 4.69) is 9.97 Å². The number of aromatic amines is 2. The van der Waals surface area contributed by atoms with Crippen molar-refractivity contribution in [3.05, 3.63) is 91.0 Å². The molecule has 0 aliphatic carbocycles. The van der Waals surface area contributed by atoms with Crippen LogP contribution in [0.2, 0.25) is 0 Å². The highest BCUT2D eigenvalue weighted by Gasteiger charge is 2.24. The first-order valence-corrected chi connectivity index (χ1v) is 15.4. The molecule has 13 heteroatoms. The van der Waals surface area contributed by atoms with Gasteiger partial charge in [-0.25, -0.2) is 38.3 Å². The number of aromatic nitrogens is 8. The van der Waals surface area contributed by atoms with E-state index in [1.807, 2.05) is 77.6 Å². The predicted octanol–water partition coefficient (Wildman–Crippen LogP) is 5.02. The first-order valence-electron chi connectivity index (χ1n) is 13.9. The largest absolute Gasteiger partial charge is 0.324 e. The number of hydrazine groups is 1. The maximum atomic E-state index is 13.1. The van der Waals surface area contributed by atoms with E-state index in [4.69, 9.17) is 35.7 Å². The summed E-state index contributed by atoms with van der Waals surface area (Å²) in [4.78, 5) is 37.9. The minimum Gasteiger partial charge on any atom is -0.324 e. The number of hydrogen-bond acceptors (Lipinski definition) is 9. The fourth-order valence-corrected chi connectivity index (χ4v) is 6.81. The van der Waals surface area contributed by atoms with E-state index in [1.54, 1.807) is 12.1 Å². The van der Waals surface area contributed by atoms with Gasteiger partial charge in [0.25, 0.3) is 10.0 Å². The number of benzene rings is 4. The molecule has 0 unspecified atom stereocenters. The van der Waals surface area contributed by atoms with Gasteiger partial charge in [0.1, 0.15) is 22.6 Å². The standard InChI is InChI=1S/C32H20N10O2S/c33-42-45(43,44)23-15-7-14-22-24(23)32-40-30-21-13-6-5-12-20(21)28(38-30)36-26-17-9-2-1-8-16(17)25(34-26)35-27-18-10-3-4-11-19(18)29(37-27)39-31(22)41-32/h1-15,42H,33H2,(H2,34,35,36,37,38,39,40,41). The van der Waals surface area contributed by atoms with Gasteiger partial charge in [0.15, 0.2) is 23.3 Å². The molecule has 8 bridgehead atoms. The van der Waals surface area contributed by atoms with Crippen molar-refractivity contribution in [3.8, 4) is 45.6 Å². The average Bonchev–Trinajstić information content (AvgIpc) is 3.80. The molecular formula is C32H20N10O2S. The number of hydrogen-bond donors (Lipinski definition) is 4. The second kappa shape index (κ2) is 9.30. The van der Waals surface area contributed by atoms with Crippen LogP contribution in [0.3, 0.4) is 0 Å². The molecule has 0 amide bonds. The van der Waals surface area contributed by atoms with E-state index in [9.17, 15) is 8.42 Å². The number of H-pyrrole nitrogens is 2. The molecule has 7 aromatic rings. The molecule has 0 spiro atoms. The lowest BCUT2D eigenvalue weighted by atomic mass is 10.1. The lowest BCUT2D eigenvalue weighted by molar-refractivity contribution is 0.585. The van der Waals surface area contributed by atoms with Crippen molar-refractivity contribution in [2.45, 2.75) is 4.90 Å². The molecular weight excluding hydrogens is 588 g/mol. The Kier molecular flexibility index (Phi) is 5.29. The summed E-state index contributed by atoms with van der Waals surface area (Å²) >= 11 is 0. The van der Waals surface area contributed by atoms with Crippen LogP contribution in [-0.2, 0) is 10.0 Å². The molecule has 4 aromatic carbocycles. The van der Waals surface area contributed by atoms with Gasteiger partial charge in [0.05, 0.1) is 4.90 Å². The van der Waals surface area contributed by atoms with Crippen LogP contribution >= 0.6 is 0 Å². The summed E-state index contributed by atoms with van der Waals surface area (Å²) in [5.41, 5.74) is 4.91. The molecule has 12 nitrogen and oxygen atoms in total. The summed E-state index contributed by atoms with van der Waals surface area (Å²) in [7, 11) is -4.08. The second-order valence-electron chi connectivity index (χ2n) is 10.5. The summed E-state index contributed by atoms with van der Waals surface area (Å²) in [6.07, 6.45) is 0. The summed E-state index contributed by atoms with van der Waals surface area (Å²) in [5, 5.41) is 2.58. The van der Waals surface area contributed by atoms with Crippen molar-refractivity contribution < 1.29 is 8.42 Å². The predicted molar refractivity (Wildman–Crippen MR) is 171 cm³/mol. The van der Waals surface area contributed by atoms with Crippen molar-refractivity contribution in [2.24, 2.45) is 5.84 Å². The molecule has 5 N–H and O–H groups in total. The van der Waals surface area contributed by atoms with Gasteiger partial charge in [-0.15, -0.1) is 0 Å². The zero-order chi connectivity index (χ0) is 30.3. The topological polar surface area (TPSA) is 181 Å². The first kappa shape index (κ1) is 25.6. The third kappa shape index (κ3) is 3.82. The Morgan fingerprint density at radius 1 is 0.489 bits per heavy atom. The highest BCUT2D eigenvalue weighted by molar-refractivity contribution is 7.89. The smallest absolute Gasteiger partial charge is 0.253 e. The van der Waals surface area contributed by atoms with Gasteiger partial charge in [0.2, 0.25) is 0 Å². The normalized spacial score (nSPS) is 12.4. The SMILES string of the molecule is NNS(=O)(=O)c1cccc2c3nc4nc(nc5[nH]c(nc6nc(nc([nH]3)c12)-c1ccccc1-6)c1ccccc51)-c1ccccc1-4. The van der Waals surface area contributed by atoms with E-state index in [0.29, 0.717) is 51.0 Å². The number of fused-ring (bicyclic) bond motifs is 20. The molecule has 2 aliphatic rings. The molecule has 0 fully saturated rings. The Morgan fingerprint density at radius 3 is 1.38 bits per heavy atom. The molecule has 0 atom stereocenters. The first-order chi connectivity index (χ1) is 22.0. The Balaban J connectivity index is 1.52. The fraction of sp³-hybridized carbons (Fsp3) is 0. The van der Waals surface area contributed by atoms with Crippen LogP contribution in [0.25, 0.3) is 89.7 Å². The van der Waals surface area contributed by atoms with Crippen LogP contribution < -0.4 is 10.7 Å². The maximum Gasteiger partial charge on any atom is 0.253 e. The molecule has 0 radical (unpaired) electrons. The Bertz CT molecular complexity index is 2680. The van der Waals surface area contributed by atoms with Gasteiger partial charge < -0.3 is 9.97 Å². The molecule has 9 rings (SSSR count). The molecule has 0 saturated heterocycles. The average molecular weight is 609 g/mol. The van der Waals surface area contributed by atoms with Crippen LogP contribution in [0.5, 0.6) is 0 Å². The summed E-state index contributed by atoms with van der Waals surface area (Å²) in [6, 6.07) is 28.0. The van der Waals surface area contributed by atoms with E-state index in [0.717, 1.165) is 33.0 Å². The number of nitrogens with two attached hydrogens (primary N) is 1. The van der Waals surface area contributed by atoms with Crippen molar-refractivity contribution >= 4 is 54.2 Å². The number of sulfonamides is 1. The van der Waals surface area contributed by atoms with E-state index >= 15 is 0 Å². The van der Waals surface area contributed by atoms with E-state index < -0.39 is 10.0 Å². The monoisotopic (exact) mass is 608 g/mol. The van der Waals surface area contributed by atoms with Crippen LogP contribution in [0, 0.1) is 0 Å². The Morgan fingerprint density at radius 2 is 0.889 bits per heavy atom. The third-order valence-electron chi connectivity index (χ3n) is 7.99. The summed E-state index contributed by atoms with van der Waals surface area (Å²) < 4.78 is 26.2. The van der Waals surface area contributed by atoms with Crippen molar-refractivity contribution in [1.29, 1.82) is 0 Å². The van der Waals surface area contributed by atoms with Crippen LogP contribution in [0.1, 0.15) is 0 Å². The van der Waals surface area contributed by atoms with Crippen molar-refractivity contribution in [2.75, 3.05) is 0 Å². The van der Waals surface area contributed by atoms with Gasteiger partial charge >= 0.3 is 0 Å². The number of nitrogens with zero attached hydrogens (tertiary/aromatic N) is 6. The van der Waals surface area contributed by atoms with Crippen LogP contribution in [0.4, 0.5) is 0 Å². The summed E-state index contributed by atoms with van der Waals surface area (Å²) in [6.45, 7) is 0. The van der Waals surface area contributed by atoms with Crippen molar-refractivity contribution in [1.82, 2.24) is 44.7 Å². The van der Waals surface area contributed by atoms with Gasteiger partial charge in [-0.3, -0.25) is 5.84 Å².